The van der Waals surface area contributed by atoms with E-state index in [2.05, 4.69) is 20.8 Å². The molecule has 0 saturated heterocycles. The van der Waals surface area contributed by atoms with E-state index in [0.29, 0.717) is 30.0 Å². The lowest BCUT2D eigenvalue weighted by Gasteiger charge is -2.18. The molecule has 4 rings (SSSR count). The molecule has 25 heavy (non-hydrogen) atoms. The number of ether oxygens (including phenoxy) is 1. The molecule has 0 atom stereocenters. The van der Waals surface area contributed by atoms with Crippen LogP contribution < -0.4 is 15.4 Å². The molecule has 0 saturated carbocycles. The molecule has 0 bridgehead atoms. The molecule has 8 nitrogen and oxygen atoms in total. The van der Waals surface area contributed by atoms with Crippen LogP contribution in [0, 0.1) is 0 Å². The lowest BCUT2D eigenvalue weighted by Crippen LogP contribution is -2.28. The maximum Gasteiger partial charge on any atom is 0.262 e. The number of rotatable bonds is 4. The highest BCUT2D eigenvalue weighted by Crippen LogP contribution is 2.28. The van der Waals surface area contributed by atoms with Crippen molar-refractivity contribution in [1.29, 1.82) is 0 Å². The van der Waals surface area contributed by atoms with E-state index < -0.39 is 0 Å². The minimum absolute atomic E-state index is 0.00908. The number of carbonyl (C=O) groups is 2. The molecule has 0 aliphatic carbocycles. The van der Waals surface area contributed by atoms with E-state index in [1.165, 1.54) is 0 Å². The summed E-state index contributed by atoms with van der Waals surface area (Å²) in [5.41, 5.74) is 1.73. The molecule has 1 aliphatic heterocycles. The number of carbonyl (C=O) groups excluding carboxylic acids is 2. The second-order valence-electron chi connectivity index (χ2n) is 5.60. The Morgan fingerprint density at radius 1 is 1.28 bits per heavy atom. The molecule has 1 aromatic carbocycles. The van der Waals surface area contributed by atoms with Crippen molar-refractivity contribution < 1.29 is 14.3 Å². The second-order valence-corrected chi connectivity index (χ2v) is 5.60. The molecule has 3 heterocycles. The molecule has 2 aromatic heterocycles. The Kier molecular flexibility index (Phi) is 3.77. The van der Waals surface area contributed by atoms with Crippen LogP contribution in [0.3, 0.4) is 0 Å². The summed E-state index contributed by atoms with van der Waals surface area (Å²) in [7, 11) is 0. The Hall–Kier alpha value is -3.42. The Morgan fingerprint density at radius 3 is 3.12 bits per heavy atom. The number of nitrogens with zero attached hydrogens (tertiary/aromatic N) is 3. The van der Waals surface area contributed by atoms with Gasteiger partial charge in [0.15, 0.2) is 12.3 Å². The zero-order valence-corrected chi connectivity index (χ0v) is 13.2. The van der Waals surface area contributed by atoms with Crippen molar-refractivity contribution in [2.45, 2.75) is 6.42 Å². The number of benzene rings is 1. The molecule has 1 aliphatic rings. The summed E-state index contributed by atoms with van der Waals surface area (Å²) in [4.78, 5) is 23.7. The number of anilines is 1. The summed E-state index contributed by atoms with van der Waals surface area (Å²) in [5.74, 6) is 0.883. The van der Waals surface area contributed by atoms with Gasteiger partial charge >= 0.3 is 0 Å². The summed E-state index contributed by atoms with van der Waals surface area (Å²) in [6.07, 6.45) is 2.44. The van der Waals surface area contributed by atoms with Crippen molar-refractivity contribution in [3.63, 3.8) is 0 Å². The SMILES string of the molecule is O=C1COc2ccc(C(=O)NCCc3nnc4ccccn34)cc2N1. The third-order valence-electron chi connectivity index (χ3n) is 3.89. The highest BCUT2D eigenvalue weighted by atomic mass is 16.5. The van der Waals surface area contributed by atoms with Crippen LogP contribution in [-0.4, -0.2) is 39.6 Å². The summed E-state index contributed by atoms with van der Waals surface area (Å²) >= 11 is 0. The lowest BCUT2D eigenvalue weighted by atomic mass is 10.1. The van der Waals surface area contributed by atoms with Crippen LogP contribution in [0.4, 0.5) is 5.69 Å². The van der Waals surface area contributed by atoms with E-state index in [1.807, 2.05) is 28.8 Å². The highest BCUT2D eigenvalue weighted by molar-refractivity contribution is 5.99. The van der Waals surface area contributed by atoms with Gasteiger partial charge in [-0.2, -0.15) is 0 Å². The fourth-order valence-electron chi connectivity index (χ4n) is 2.68. The summed E-state index contributed by atoms with van der Waals surface area (Å²) in [6, 6.07) is 10.6. The van der Waals surface area contributed by atoms with Gasteiger partial charge in [-0.3, -0.25) is 14.0 Å². The fourth-order valence-corrected chi connectivity index (χ4v) is 2.68. The molecule has 2 N–H and O–H groups in total. The number of pyridine rings is 1. The van der Waals surface area contributed by atoms with Crippen molar-refractivity contribution in [1.82, 2.24) is 19.9 Å². The van der Waals surface area contributed by atoms with Gasteiger partial charge in [-0.25, -0.2) is 0 Å². The highest BCUT2D eigenvalue weighted by Gasteiger charge is 2.17. The van der Waals surface area contributed by atoms with Gasteiger partial charge in [0.2, 0.25) is 0 Å². The average molecular weight is 337 g/mol. The Bertz CT molecular complexity index is 966. The van der Waals surface area contributed by atoms with Crippen molar-refractivity contribution in [2.75, 3.05) is 18.5 Å². The number of nitrogens with one attached hydrogen (secondary N) is 2. The van der Waals surface area contributed by atoms with Gasteiger partial charge in [0.05, 0.1) is 5.69 Å². The van der Waals surface area contributed by atoms with Crippen molar-refractivity contribution >= 4 is 23.1 Å². The number of aromatic nitrogens is 3. The van der Waals surface area contributed by atoms with E-state index in [4.69, 9.17) is 4.74 Å². The normalized spacial score (nSPS) is 13.0. The summed E-state index contributed by atoms with van der Waals surface area (Å²) in [5, 5.41) is 13.7. The first-order valence-electron chi connectivity index (χ1n) is 7.84. The zero-order chi connectivity index (χ0) is 17.2. The van der Waals surface area contributed by atoms with Crippen LogP contribution in [0.15, 0.2) is 42.6 Å². The Balaban J connectivity index is 1.41. The van der Waals surface area contributed by atoms with Gasteiger partial charge in [-0.15, -0.1) is 10.2 Å². The monoisotopic (exact) mass is 337 g/mol. The first-order chi connectivity index (χ1) is 12.2. The Morgan fingerprint density at radius 2 is 2.20 bits per heavy atom. The van der Waals surface area contributed by atoms with Crippen molar-refractivity contribution in [2.24, 2.45) is 0 Å². The molecule has 126 valence electrons. The number of amides is 2. The quantitative estimate of drug-likeness (QED) is 0.741. The smallest absolute Gasteiger partial charge is 0.262 e. The van der Waals surface area contributed by atoms with Gasteiger partial charge in [-0.1, -0.05) is 6.07 Å². The van der Waals surface area contributed by atoms with E-state index in [1.54, 1.807) is 18.2 Å². The largest absolute Gasteiger partial charge is 0.482 e. The molecule has 3 aromatic rings. The van der Waals surface area contributed by atoms with Crippen LogP contribution >= 0.6 is 0 Å². The molecule has 8 heteroatoms. The first-order valence-corrected chi connectivity index (χ1v) is 7.84. The third kappa shape index (κ3) is 3.01. The van der Waals surface area contributed by atoms with Gasteiger partial charge in [0.1, 0.15) is 11.6 Å². The summed E-state index contributed by atoms with van der Waals surface area (Å²) in [6.45, 7) is 0.416. The minimum Gasteiger partial charge on any atom is -0.482 e. The van der Waals surface area contributed by atoms with Gasteiger partial charge < -0.3 is 15.4 Å². The lowest BCUT2D eigenvalue weighted by molar-refractivity contribution is -0.118. The Labute approximate surface area is 142 Å². The molecular weight excluding hydrogens is 322 g/mol. The minimum atomic E-state index is -0.233. The molecule has 0 spiro atoms. The summed E-state index contributed by atoms with van der Waals surface area (Å²) < 4.78 is 7.17. The van der Waals surface area contributed by atoms with Crippen LogP contribution in [0.25, 0.3) is 5.65 Å². The van der Waals surface area contributed by atoms with Crippen LogP contribution in [0.2, 0.25) is 0 Å². The second kappa shape index (κ2) is 6.23. The predicted molar refractivity (Wildman–Crippen MR) is 89.6 cm³/mol. The molecule has 0 radical (unpaired) electrons. The predicted octanol–water partition coefficient (Wildman–Crippen LogP) is 1.03. The topological polar surface area (TPSA) is 97.6 Å². The first kappa shape index (κ1) is 15.1. The van der Waals surface area contributed by atoms with E-state index >= 15 is 0 Å². The number of fused-ring (bicyclic) bond motifs is 2. The number of hydrogen-bond acceptors (Lipinski definition) is 5. The average Bonchev–Trinajstić information content (AvgIpc) is 3.04. The van der Waals surface area contributed by atoms with Gasteiger partial charge in [0.25, 0.3) is 11.8 Å². The maximum atomic E-state index is 12.3. The third-order valence-corrected chi connectivity index (χ3v) is 3.89. The van der Waals surface area contributed by atoms with Crippen molar-refractivity contribution in [3.05, 3.63) is 54.0 Å². The van der Waals surface area contributed by atoms with Crippen LogP contribution in [-0.2, 0) is 11.2 Å². The van der Waals surface area contributed by atoms with Gasteiger partial charge in [-0.05, 0) is 30.3 Å². The van der Waals surface area contributed by atoms with E-state index in [0.717, 1.165) is 11.5 Å². The van der Waals surface area contributed by atoms with E-state index in [9.17, 15) is 9.59 Å². The fraction of sp³-hybridized carbons (Fsp3) is 0.176. The standard InChI is InChI=1S/C17H15N5O3/c23-16-10-25-13-5-4-11(9-12(13)19-16)17(24)18-7-6-15-21-20-14-3-1-2-8-22(14)15/h1-5,8-9H,6-7,10H2,(H,18,24)(H,19,23). The number of hydrogen-bond donors (Lipinski definition) is 2. The molecule has 2 amide bonds. The van der Waals surface area contributed by atoms with Crippen molar-refractivity contribution in [3.8, 4) is 5.75 Å². The van der Waals surface area contributed by atoms with Gasteiger partial charge in [0, 0.05) is 24.7 Å². The zero-order valence-electron chi connectivity index (χ0n) is 13.2. The van der Waals surface area contributed by atoms with Crippen LogP contribution in [0.1, 0.15) is 16.2 Å². The molecule has 0 fully saturated rings. The van der Waals surface area contributed by atoms with Crippen LogP contribution in [0.5, 0.6) is 5.75 Å². The van der Waals surface area contributed by atoms with E-state index in [-0.39, 0.29) is 18.4 Å². The molecular formula is C17H15N5O3. The maximum absolute atomic E-state index is 12.3. The molecule has 0 unspecified atom stereocenters.